The van der Waals surface area contributed by atoms with Crippen molar-refractivity contribution in [1.29, 1.82) is 0 Å². The highest BCUT2D eigenvalue weighted by molar-refractivity contribution is 5.84. The Morgan fingerprint density at radius 3 is 1.67 bits per heavy atom. The number of pyridine rings is 1. The summed E-state index contributed by atoms with van der Waals surface area (Å²) in [6.07, 6.45) is 5.36. The number of rotatable bonds is 5. The van der Waals surface area contributed by atoms with E-state index in [1.807, 2.05) is 30.5 Å². The van der Waals surface area contributed by atoms with E-state index in [2.05, 4.69) is 87.7 Å². The molecule has 0 aliphatic carbocycles. The molecule has 0 spiro atoms. The number of hydrogen-bond acceptors (Lipinski definition) is 3. The number of para-hydroxylation sites is 2. The van der Waals surface area contributed by atoms with E-state index in [4.69, 9.17) is 0 Å². The Kier molecular flexibility index (Phi) is 5.02. The Balaban J connectivity index is 1.64. The van der Waals surface area contributed by atoms with Gasteiger partial charge in [-0.05, 0) is 54.1 Å². The Morgan fingerprint density at radius 2 is 1.11 bits per heavy atom. The second kappa shape index (κ2) is 8.11. The van der Waals surface area contributed by atoms with Gasteiger partial charge in [-0.3, -0.25) is 9.98 Å². The molecule has 0 atom stereocenters. The van der Waals surface area contributed by atoms with Crippen molar-refractivity contribution in [3.63, 3.8) is 0 Å². The van der Waals surface area contributed by atoms with Gasteiger partial charge in [-0.2, -0.15) is 0 Å². The molecule has 3 nitrogen and oxygen atoms in total. The molecular formula is C24H19N3. The van der Waals surface area contributed by atoms with Gasteiger partial charge in [0.05, 0.1) is 5.69 Å². The summed E-state index contributed by atoms with van der Waals surface area (Å²) in [5.41, 5.74) is 5.30. The zero-order valence-electron chi connectivity index (χ0n) is 14.8. The molecule has 0 aliphatic rings. The lowest BCUT2D eigenvalue weighted by molar-refractivity contribution is 1.28. The van der Waals surface area contributed by atoms with Gasteiger partial charge >= 0.3 is 0 Å². The van der Waals surface area contributed by atoms with E-state index in [1.165, 1.54) is 0 Å². The summed E-state index contributed by atoms with van der Waals surface area (Å²) < 4.78 is 0. The van der Waals surface area contributed by atoms with Crippen LogP contribution in [0.15, 0.2) is 114 Å². The normalized spacial score (nSPS) is 10.8. The minimum absolute atomic E-state index is 0.893. The molecule has 0 fully saturated rings. The molecule has 27 heavy (non-hydrogen) atoms. The van der Waals surface area contributed by atoms with Crippen LogP contribution in [0.2, 0.25) is 0 Å². The Bertz CT molecular complexity index is 956. The van der Waals surface area contributed by atoms with Crippen LogP contribution in [-0.4, -0.2) is 11.2 Å². The van der Waals surface area contributed by atoms with E-state index in [1.54, 1.807) is 12.4 Å². The minimum atomic E-state index is 0.893. The van der Waals surface area contributed by atoms with Gasteiger partial charge in [0.2, 0.25) is 0 Å². The lowest BCUT2D eigenvalue weighted by Gasteiger charge is -2.25. The lowest BCUT2D eigenvalue weighted by atomic mass is 10.1. The molecule has 0 amide bonds. The van der Waals surface area contributed by atoms with Gasteiger partial charge in [-0.25, -0.2) is 0 Å². The Hall–Kier alpha value is -3.72. The fourth-order valence-electron chi connectivity index (χ4n) is 2.89. The van der Waals surface area contributed by atoms with Crippen molar-refractivity contribution in [3.05, 3.63) is 115 Å². The van der Waals surface area contributed by atoms with E-state index in [0.29, 0.717) is 0 Å². The summed E-state index contributed by atoms with van der Waals surface area (Å²) in [6, 6.07) is 32.9. The van der Waals surface area contributed by atoms with E-state index in [9.17, 15) is 0 Å². The molecular weight excluding hydrogens is 330 g/mol. The zero-order chi connectivity index (χ0) is 18.3. The zero-order valence-corrected chi connectivity index (χ0v) is 14.8. The van der Waals surface area contributed by atoms with Crippen molar-refractivity contribution in [1.82, 2.24) is 4.98 Å². The van der Waals surface area contributed by atoms with Gasteiger partial charge in [0.15, 0.2) is 0 Å². The first kappa shape index (κ1) is 16.7. The monoisotopic (exact) mass is 349 g/mol. The second-order valence-corrected chi connectivity index (χ2v) is 6.06. The predicted molar refractivity (Wildman–Crippen MR) is 113 cm³/mol. The smallest absolute Gasteiger partial charge is 0.0660 e. The SMILES string of the molecule is C(=Nc1ccncc1)c1ccc(N(c2ccccc2)c2ccccc2)cc1. The van der Waals surface area contributed by atoms with E-state index in [0.717, 1.165) is 28.3 Å². The standard InChI is InChI=1S/C24H19N3/c1-3-7-22(8-4-1)27(23-9-5-2-6-10-23)24-13-11-20(12-14-24)19-26-21-15-17-25-18-16-21/h1-19H. The third kappa shape index (κ3) is 4.10. The van der Waals surface area contributed by atoms with Crippen LogP contribution in [0.1, 0.15) is 5.56 Å². The highest BCUT2D eigenvalue weighted by atomic mass is 15.1. The largest absolute Gasteiger partial charge is 0.311 e. The summed E-state index contributed by atoms with van der Waals surface area (Å²) >= 11 is 0. The topological polar surface area (TPSA) is 28.5 Å². The third-order valence-electron chi connectivity index (χ3n) is 4.21. The molecule has 130 valence electrons. The Labute approximate surface area is 159 Å². The molecule has 0 N–H and O–H groups in total. The molecule has 1 aromatic heterocycles. The first-order valence-corrected chi connectivity index (χ1v) is 8.84. The molecule has 0 saturated carbocycles. The molecule has 4 rings (SSSR count). The first-order valence-electron chi connectivity index (χ1n) is 8.84. The summed E-state index contributed by atoms with van der Waals surface area (Å²) in [7, 11) is 0. The van der Waals surface area contributed by atoms with Crippen LogP contribution < -0.4 is 4.90 Å². The van der Waals surface area contributed by atoms with Crippen LogP contribution in [0, 0.1) is 0 Å². The van der Waals surface area contributed by atoms with E-state index >= 15 is 0 Å². The minimum Gasteiger partial charge on any atom is -0.311 e. The first-order chi connectivity index (χ1) is 13.4. The molecule has 4 aromatic rings. The number of benzene rings is 3. The lowest BCUT2D eigenvalue weighted by Crippen LogP contribution is -2.09. The summed E-state index contributed by atoms with van der Waals surface area (Å²) in [5, 5.41) is 0. The third-order valence-corrected chi connectivity index (χ3v) is 4.21. The van der Waals surface area contributed by atoms with E-state index < -0.39 is 0 Å². The summed E-state index contributed by atoms with van der Waals surface area (Å²) in [4.78, 5) is 10.7. The molecule has 3 heteroatoms. The van der Waals surface area contributed by atoms with Gasteiger partial charge in [-0.15, -0.1) is 0 Å². The maximum Gasteiger partial charge on any atom is 0.0660 e. The van der Waals surface area contributed by atoms with Crippen molar-refractivity contribution in [2.24, 2.45) is 4.99 Å². The van der Waals surface area contributed by atoms with Crippen LogP contribution in [0.5, 0.6) is 0 Å². The number of anilines is 3. The summed E-state index contributed by atoms with van der Waals surface area (Å²) in [5.74, 6) is 0. The van der Waals surface area contributed by atoms with Gasteiger partial charge < -0.3 is 4.90 Å². The van der Waals surface area contributed by atoms with Crippen LogP contribution in [-0.2, 0) is 0 Å². The average Bonchev–Trinajstić information content (AvgIpc) is 2.76. The number of aromatic nitrogens is 1. The van der Waals surface area contributed by atoms with Crippen molar-refractivity contribution in [3.8, 4) is 0 Å². The fourth-order valence-corrected chi connectivity index (χ4v) is 2.89. The van der Waals surface area contributed by atoms with Crippen molar-refractivity contribution in [2.75, 3.05) is 4.90 Å². The number of aliphatic imine (C=N–C) groups is 1. The molecule has 0 bridgehead atoms. The van der Waals surface area contributed by atoms with Crippen molar-refractivity contribution >= 4 is 29.0 Å². The van der Waals surface area contributed by atoms with E-state index in [-0.39, 0.29) is 0 Å². The predicted octanol–water partition coefficient (Wildman–Crippen LogP) is 6.30. The average molecular weight is 349 g/mol. The van der Waals surface area contributed by atoms with Crippen LogP contribution in [0.4, 0.5) is 22.7 Å². The molecule has 0 aliphatic heterocycles. The molecule has 1 heterocycles. The second-order valence-electron chi connectivity index (χ2n) is 6.06. The van der Waals surface area contributed by atoms with Crippen molar-refractivity contribution in [2.45, 2.75) is 0 Å². The van der Waals surface area contributed by atoms with Gasteiger partial charge in [-0.1, -0.05) is 48.5 Å². The molecule has 0 unspecified atom stereocenters. The molecule has 0 saturated heterocycles. The van der Waals surface area contributed by atoms with Gasteiger partial charge in [0.1, 0.15) is 0 Å². The maximum atomic E-state index is 4.49. The number of nitrogens with zero attached hydrogens (tertiary/aromatic N) is 3. The highest BCUT2D eigenvalue weighted by Crippen LogP contribution is 2.33. The molecule has 0 radical (unpaired) electrons. The van der Waals surface area contributed by atoms with Gasteiger partial charge in [0, 0.05) is 35.7 Å². The van der Waals surface area contributed by atoms with Crippen LogP contribution in [0.25, 0.3) is 0 Å². The fraction of sp³-hybridized carbons (Fsp3) is 0. The number of hydrogen-bond donors (Lipinski definition) is 0. The van der Waals surface area contributed by atoms with Gasteiger partial charge in [0.25, 0.3) is 0 Å². The maximum absolute atomic E-state index is 4.49. The van der Waals surface area contributed by atoms with Crippen LogP contribution >= 0.6 is 0 Å². The quantitative estimate of drug-likeness (QED) is 0.395. The summed E-state index contributed by atoms with van der Waals surface area (Å²) in [6.45, 7) is 0. The highest BCUT2D eigenvalue weighted by Gasteiger charge is 2.11. The van der Waals surface area contributed by atoms with Crippen molar-refractivity contribution < 1.29 is 0 Å². The van der Waals surface area contributed by atoms with Crippen LogP contribution in [0.3, 0.4) is 0 Å². The molecule has 3 aromatic carbocycles. The Morgan fingerprint density at radius 1 is 0.593 bits per heavy atom.